The second-order valence-electron chi connectivity index (χ2n) is 5.82. The number of para-hydroxylation sites is 1. The fourth-order valence-corrected chi connectivity index (χ4v) is 3.11. The summed E-state index contributed by atoms with van der Waals surface area (Å²) in [6.07, 6.45) is 0.700. The molecule has 1 aromatic carbocycles. The molecule has 2 N–H and O–H groups in total. The minimum atomic E-state index is -0.447. The van der Waals surface area contributed by atoms with Crippen LogP contribution >= 0.6 is 0 Å². The third-order valence-corrected chi connectivity index (χ3v) is 4.32. The number of aryl methyl sites for hydroxylation is 1. The summed E-state index contributed by atoms with van der Waals surface area (Å²) in [6.45, 7) is 4.04. The number of rotatable bonds is 3. The van der Waals surface area contributed by atoms with Gasteiger partial charge in [-0.3, -0.25) is 4.79 Å². The van der Waals surface area contributed by atoms with Crippen LogP contribution in [0.1, 0.15) is 50.1 Å². The molecule has 6 nitrogen and oxygen atoms in total. The van der Waals surface area contributed by atoms with Crippen LogP contribution in [0.15, 0.2) is 24.3 Å². The van der Waals surface area contributed by atoms with E-state index >= 15 is 0 Å². The molecule has 0 fully saturated rings. The Morgan fingerprint density at radius 3 is 2.79 bits per heavy atom. The average molecular weight is 328 g/mol. The second-order valence-corrected chi connectivity index (χ2v) is 5.82. The van der Waals surface area contributed by atoms with Crippen LogP contribution in [-0.2, 0) is 4.74 Å². The van der Waals surface area contributed by atoms with Crippen LogP contribution in [-0.4, -0.2) is 30.6 Å². The van der Waals surface area contributed by atoms with Gasteiger partial charge >= 0.3 is 5.97 Å². The van der Waals surface area contributed by atoms with E-state index in [2.05, 4.69) is 10.3 Å². The van der Waals surface area contributed by atoms with E-state index in [4.69, 9.17) is 9.47 Å². The highest BCUT2D eigenvalue weighted by Crippen LogP contribution is 2.32. The van der Waals surface area contributed by atoms with Crippen LogP contribution in [0.3, 0.4) is 0 Å². The number of H-pyrrole nitrogens is 1. The van der Waals surface area contributed by atoms with E-state index in [1.807, 2.05) is 24.3 Å². The highest BCUT2D eigenvalue weighted by molar-refractivity contribution is 6.00. The van der Waals surface area contributed by atoms with Crippen molar-refractivity contribution in [1.82, 2.24) is 10.3 Å². The molecule has 2 heterocycles. The molecule has 2 aromatic rings. The third-order valence-electron chi connectivity index (χ3n) is 4.32. The number of esters is 1. The van der Waals surface area contributed by atoms with Crippen LogP contribution in [0.5, 0.6) is 5.75 Å². The number of amides is 1. The maximum absolute atomic E-state index is 12.7. The number of benzene rings is 1. The molecule has 0 spiro atoms. The standard InChI is InChI=1S/C18H20N2O4/c1-10-15(18(22)23-3)11(2)19-16(10)17(21)20-13-8-9-24-14-7-5-4-6-12(13)14/h4-7,13,19H,8-9H2,1-3H3,(H,20,21)/t13-/m1/s1. The topological polar surface area (TPSA) is 80.4 Å². The van der Waals surface area contributed by atoms with Gasteiger partial charge in [0.25, 0.3) is 5.91 Å². The Morgan fingerprint density at radius 2 is 2.04 bits per heavy atom. The van der Waals surface area contributed by atoms with E-state index in [1.54, 1.807) is 13.8 Å². The SMILES string of the molecule is COC(=O)c1c(C)[nH]c(C(=O)N[C@@H]2CCOc3ccccc32)c1C. The van der Waals surface area contributed by atoms with Crippen LogP contribution in [0.2, 0.25) is 0 Å². The zero-order valence-electron chi connectivity index (χ0n) is 13.9. The maximum atomic E-state index is 12.7. The van der Waals surface area contributed by atoms with Gasteiger partial charge in [-0.2, -0.15) is 0 Å². The summed E-state index contributed by atoms with van der Waals surface area (Å²) < 4.78 is 10.4. The zero-order valence-corrected chi connectivity index (χ0v) is 13.9. The van der Waals surface area contributed by atoms with Gasteiger partial charge in [0.05, 0.1) is 25.3 Å². The summed E-state index contributed by atoms with van der Waals surface area (Å²) in [6, 6.07) is 7.56. The van der Waals surface area contributed by atoms with Crippen LogP contribution in [0, 0.1) is 13.8 Å². The van der Waals surface area contributed by atoms with E-state index in [1.165, 1.54) is 7.11 Å². The first-order valence-corrected chi connectivity index (χ1v) is 7.83. The van der Waals surface area contributed by atoms with Gasteiger partial charge in [-0.15, -0.1) is 0 Å². The fraction of sp³-hybridized carbons (Fsp3) is 0.333. The monoisotopic (exact) mass is 328 g/mol. The lowest BCUT2D eigenvalue weighted by Gasteiger charge is -2.26. The Bertz CT molecular complexity index is 794. The smallest absolute Gasteiger partial charge is 0.339 e. The molecule has 1 amide bonds. The van der Waals surface area contributed by atoms with E-state index < -0.39 is 5.97 Å². The van der Waals surface area contributed by atoms with Crippen LogP contribution in [0.25, 0.3) is 0 Å². The molecule has 6 heteroatoms. The minimum absolute atomic E-state index is 0.118. The first-order chi connectivity index (χ1) is 11.5. The van der Waals surface area contributed by atoms with Gasteiger partial charge in [0.1, 0.15) is 11.4 Å². The Labute approximate surface area is 140 Å². The molecule has 1 atom stereocenters. The van der Waals surface area contributed by atoms with Crippen molar-refractivity contribution < 1.29 is 19.1 Å². The van der Waals surface area contributed by atoms with Crippen molar-refractivity contribution in [2.24, 2.45) is 0 Å². The molecule has 0 bridgehead atoms. The molecule has 24 heavy (non-hydrogen) atoms. The molecule has 126 valence electrons. The third kappa shape index (κ3) is 2.75. The zero-order chi connectivity index (χ0) is 17.3. The van der Waals surface area contributed by atoms with Gasteiger partial charge < -0.3 is 19.8 Å². The minimum Gasteiger partial charge on any atom is -0.493 e. The molecule has 1 aromatic heterocycles. The van der Waals surface area contributed by atoms with E-state index in [9.17, 15) is 9.59 Å². The number of hydrogen-bond donors (Lipinski definition) is 2. The molecular formula is C18H20N2O4. The fourth-order valence-electron chi connectivity index (χ4n) is 3.11. The van der Waals surface area contributed by atoms with Crippen molar-refractivity contribution in [3.8, 4) is 5.75 Å². The average Bonchev–Trinajstić information content (AvgIpc) is 2.89. The molecule has 0 saturated heterocycles. The summed E-state index contributed by atoms with van der Waals surface area (Å²) in [4.78, 5) is 27.5. The number of carbonyl (C=O) groups excluding carboxylic acids is 2. The summed E-state index contributed by atoms with van der Waals surface area (Å²) >= 11 is 0. The number of nitrogens with one attached hydrogen (secondary N) is 2. The molecule has 0 aliphatic carbocycles. The normalized spacial score (nSPS) is 16.0. The van der Waals surface area contributed by atoms with E-state index in [0.29, 0.717) is 35.5 Å². The summed E-state index contributed by atoms with van der Waals surface area (Å²) in [5, 5.41) is 3.03. The Morgan fingerprint density at radius 1 is 1.29 bits per heavy atom. The maximum Gasteiger partial charge on any atom is 0.339 e. The number of hydrogen-bond acceptors (Lipinski definition) is 4. The highest BCUT2D eigenvalue weighted by atomic mass is 16.5. The molecular weight excluding hydrogens is 308 g/mol. The van der Waals surface area contributed by atoms with Crippen LogP contribution in [0.4, 0.5) is 0 Å². The number of aromatic amines is 1. The van der Waals surface area contributed by atoms with Gasteiger partial charge in [0, 0.05) is 17.7 Å². The molecule has 1 aliphatic rings. The number of aromatic nitrogens is 1. The number of ether oxygens (including phenoxy) is 2. The molecule has 3 rings (SSSR count). The van der Waals surface area contributed by atoms with Gasteiger partial charge in [-0.05, 0) is 25.5 Å². The molecule has 0 unspecified atom stereocenters. The number of carbonyl (C=O) groups is 2. The summed E-state index contributed by atoms with van der Waals surface area (Å²) in [7, 11) is 1.33. The second kappa shape index (κ2) is 6.39. The summed E-state index contributed by atoms with van der Waals surface area (Å²) in [5.74, 6) is 0.104. The first kappa shape index (κ1) is 16.1. The van der Waals surface area contributed by atoms with Crippen molar-refractivity contribution in [2.75, 3.05) is 13.7 Å². The lowest BCUT2D eigenvalue weighted by molar-refractivity contribution is 0.0599. The predicted molar refractivity (Wildman–Crippen MR) is 88.4 cm³/mol. The van der Waals surface area contributed by atoms with Crippen LogP contribution < -0.4 is 10.1 Å². The number of methoxy groups -OCH3 is 1. The quantitative estimate of drug-likeness (QED) is 0.849. The molecule has 1 aliphatic heterocycles. The van der Waals surface area contributed by atoms with E-state index in [0.717, 1.165) is 11.3 Å². The van der Waals surface area contributed by atoms with Gasteiger partial charge in [-0.1, -0.05) is 18.2 Å². The lowest BCUT2D eigenvalue weighted by Crippen LogP contribution is -2.32. The van der Waals surface area contributed by atoms with Crippen molar-refractivity contribution in [2.45, 2.75) is 26.3 Å². The predicted octanol–water partition coefficient (Wildman–Crippen LogP) is 2.67. The van der Waals surface area contributed by atoms with Crippen molar-refractivity contribution in [3.05, 3.63) is 52.3 Å². The van der Waals surface area contributed by atoms with Crippen molar-refractivity contribution >= 4 is 11.9 Å². The Kier molecular flexibility index (Phi) is 4.29. The van der Waals surface area contributed by atoms with Gasteiger partial charge in [0.15, 0.2) is 0 Å². The summed E-state index contributed by atoms with van der Waals surface area (Å²) in [5.41, 5.74) is 2.98. The van der Waals surface area contributed by atoms with Crippen molar-refractivity contribution in [3.63, 3.8) is 0 Å². The van der Waals surface area contributed by atoms with Gasteiger partial charge in [0.2, 0.25) is 0 Å². The first-order valence-electron chi connectivity index (χ1n) is 7.83. The largest absolute Gasteiger partial charge is 0.493 e. The Hall–Kier alpha value is -2.76. The number of fused-ring (bicyclic) bond motifs is 1. The highest BCUT2D eigenvalue weighted by Gasteiger charge is 2.26. The van der Waals surface area contributed by atoms with Gasteiger partial charge in [-0.25, -0.2) is 4.79 Å². The molecule has 0 saturated carbocycles. The van der Waals surface area contributed by atoms with E-state index in [-0.39, 0.29) is 11.9 Å². The lowest BCUT2D eigenvalue weighted by atomic mass is 10.0. The molecule has 0 radical (unpaired) electrons. The Balaban J connectivity index is 1.86. The van der Waals surface area contributed by atoms with Crippen molar-refractivity contribution in [1.29, 1.82) is 0 Å².